The Bertz CT molecular complexity index is 662. The van der Waals surface area contributed by atoms with Crippen LogP contribution < -0.4 is 5.73 Å². The smallest absolute Gasteiger partial charge is 0.318 e. The van der Waals surface area contributed by atoms with Crippen LogP contribution in [-0.4, -0.2) is 17.5 Å². The Balaban J connectivity index is 2.16. The highest BCUT2D eigenvalue weighted by atomic mass is 16.2. The molecule has 3 rings (SSSR count). The van der Waals surface area contributed by atoms with E-state index in [1.54, 1.807) is 4.90 Å². The number of amides is 2. The Hall–Kier alpha value is -2.55. The van der Waals surface area contributed by atoms with Crippen molar-refractivity contribution in [2.75, 3.05) is 6.54 Å². The summed E-state index contributed by atoms with van der Waals surface area (Å²) in [6, 6.07) is 17.9. The highest BCUT2D eigenvalue weighted by Gasteiger charge is 2.18. The zero-order chi connectivity index (χ0) is 13.9. The molecule has 0 saturated carbocycles. The molecular weight excluding hydrogens is 248 g/mol. The number of urea groups is 1. The van der Waals surface area contributed by atoms with Crippen LogP contribution in [0.5, 0.6) is 0 Å². The van der Waals surface area contributed by atoms with Crippen LogP contribution in [0.15, 0.2) is 60.8 Å². The van der Waals surface area contributed by atoms with Crippen LogP contribution in [0.25, 0.3) is 5.57 Å². The Morgan fingerprint density at radius 3 is 2.45 bits per heavy atom. The number of carbonyl (C=O) groups excluding carboxylic acids is 1. The number of carbonyl (C=O) groups is 1. The molecule has 3 nitrogen and oxygen atoms in total. The number of hydrogen-bond acceptors (Lipinski definition) is 1. The number of hydrogen-bond donors (Lipinski definition) is 1. The maximum absolute atomic E-state index is 11.5. The maximum Gasteiger partial charge on any atom is 0.318 e. The topological polar surface area (TPSA) is 46.3 Å². The predicted molar refractivity (Wildman–Crippen MR) is 80.0 cm³/mol. The third kappa shape index (κ3) is 2.30. The fourth-order valence-corrected chi connectivity index (χ4v) is 2.55. The lowest BCUT2D eigenvalue weighted by Gasteiger charge is -2.14. The normalized spacial score (nSPS) is 14.2. The van der Waals surface area contributed by atoms with Gasteiger partial charge in [0.1, 0.15) is 0 Å². The summed E-state index contributed by atoms with van der Waals surface area (Å²) >= 11 is 0. The summed E-state index contributed by atoms with van der Waals surface area (Å²) in [5.41, 5.74) is 10.00. The van der Waals surface area contributed by atoms with Crippen molar-refractivity contribution in [1.29, 1.82) is 0 Å². The predicted octanol–water partition coefficient (Wildman–Crippen LogP) is 3.01. The van der Waals surface area contributed by atoms with E-state index in [0.717, 1.165) is 17.6 Å². The molecule has 0 fully saturated rings. The molecule has 2 aromatic rings. The van der Waals surface area contributed by atoms with Crippen molar-refractivity contribution < 1.29 is 4.79 Å². The van der Waals surface area contributed by atoms with Gasteiger partial charge < -0.3 is 10.6 Å². The highest BCUT2D eigenvalue weighted by Crippen LogP contribution is 2.29. The van der Waals surface area contributed by atoms with Gasteiger partial charge in [-0.25, -0.2) is 4.79 Å². The van der Waals surface area contributed by atoms with Crippen molar-refractivity contribution in [2.24, 2.45) is 5.73 Å². The van der Waals surface area contributed by atoms with Gasteiger partial charge in [-0.1, -0.05) is 54.6 Å². The number of fused-ring (bicyclic) bond motifs is 1. The van der Waals surface area contributed by atoms with Crippen LogP contribution in [0.2, 0.25) is 0 Å². The first-order chi connectivity index (χ1) is 9.75. The summed E-state index contributed by atoms with van der Waals surface area (Å²) < 4.78 is 0. The molecular formula is C17H16N2O. The van der Waals surface area contributed by atoms with Gasteiger partial charge in [-0.15, -0.1) is 0 Å². The van der Waals surface area contributed by atoms with E-state index in [2.05, 4.69) is 12.1 Å². The van der Waals surface area contributed by atoms with Crippen LogP contribution in [0.3, 0.4) is 0 Å². The summed E-state index contributed by atoms with van der Waals surface area (Å²) in [6.07, 6.45) is 2.68. The standard InChI is InChI=1S/C17H16N2O/c18-17(20)19-11-10-14-8-4-5-9-15(14)16(12-19)13-6-2-1-3-7-13/h1-9,12H,10-11H2,(H2,18,20). The largest absolute Gasteiger partial charge is 0.351 e. The number of primary amides is 1. The molecule has 0 aromatic heterocycles. The Morgan fingerprint density at radius 2 is 1.70 bits per heavy atom. The van der Waals surface area contributed by atoms with Crippen molar-refractivity contribution in [1.82, 2.24) is 4.90 Å². The zero-order valence-corrected chi connectivity index (χ0v) is 11.1. The fraction of sp³-hybridized carbons (Fsp3) is 0.118. The van der Waals surface area contributed by atoms with Crippen molar-refractivity contribution >= 4 is 11.6 Å². The van der Waals surface area contributed by atoms with E-state index >= 15 is 0 Å². The summed E-state index contributed by atoms with van der Waals surface area (Å²) in [6.45, 7) is 0.614. The molecule has 1 aliphatic rings. The van der Waals surface area contributed by atoms with Gasteiger partial charge in [0.2, 0.25) is 0 Å². The van der Waals surface area contributed by atoms with Crippen LogP contribution in [-0.2, 0) is 6.42 Å². The highest BCUT2D eigenvalue weighted by molar-refractivity contribution is 5.85. The van der Waals surface area contributed by atoms with E-state index < -0.39 is 6.03 Å². The van der Waals surface area contributed by atoms with Crippen LogP contribution in [0.4, 0.5) is 4.79 Å². The third-order valence-electron chi connectivity index (χ3n) is 3.58. The molecule has 2 amide bonds. The van der Waals surface area contributed by atoms with Crippen LogP contribution in [0, 0.1) is 0 Å². The first-order valence-electron chi connectivity index (χ1n) is 6.67. The molecule has 0 aliphatic carbocycles. The molecule has 3 heteroatoms. The first-order valence-corrected chi connectivity index (χ1v) is 6.67. The zero-order valence-electron chi connectivity index (χ0n) is 11.1. The summed E-state index contributed by atoms with van der Waals surface area (Å²) in [5.74, 6) is 0. The van der Waals surface area contributed by atoms with E-state index in [0.29, 0.717) is 6.54 Å². The average molecular weight is 264 g/mol. The van der Waals surface area contributed by atoms with E-state index in [9.17, 15) is 4.79 Å². The van der Waals surface area contributed by atoms with Crippen LogP contribution >= 0.6 is 0 Å². The maximum atomic E-state index is 11.5. The van der Waals surface area contributed by atoms with Gasteiger partial charge in [-0.05, 0) is 23.1 Å². The molecule has 0 bridgehead atoms. The fourth-order valence-electron chi connectivity index (χ4n) is 2.55. The molecule has 0 radical (unpaired) electrons. The number of nitrogens with zero attached hydrogens (tertiary/aromatic N) is 1. The Labute approximate surface area is 118 Å². The average Bonchev–Trinajstić information content (AvgIpc) is 2.68. The Morgan fingerprint density at radius 1 is 1.00 bits per heavy atom. The van der Waals surface area contributed by atoms with E-state index in [1.165, 1.54) is 11.1 Å². The summed E-state index contributed by atoms with van der Waals surface area (Å²) in [4.78, 5) is 13.1. The van der Waals surface area contributed by atoms with E-state index in [1.807, 2.05) is 48.7 Å². The second-order valence-corrected chi connectivity index (χ2v) is 4.85. The van der Waals surface area contributed by atoms with Crippen molar-refractivity contribution in [2.45, 2.75) is 6.42 Å². The molecule has 2 N–H and O–H groups in total. The molecule has 2 aromatic carbocycles. The van der Waals surface area contributed by atoms with E-state index in [4.69, 9.17) is 5.73 Å². The summed E-state index contributed by atoms with van der Waals surface area (Å²) in [5, 5.41) is 0. The Kier molecular flexibility index (Phi) is 3.25. The lowest BCUT2D eigenvalue weighted by Crippen LogP contribution is -2.32. The molecule has 100 valence electrons. The first kappa shape index (κ1) is 12.5. The molecule has 1 heterocycles. The molecule has 0 atom stereocenters. The third-order valence-corrected chi connectivity index (χ3v) is 3.58. The van der Waals surface area contributed by atoms with Crippen molar-refractivity contribution in [3.63, 3.8) is 0 Å². The van der Waals surface area contributed by atoms with Gasteiger partial charge in [0.25, 0.3) is 0 Å². The number of rotatable bonds is 1. The minimum atomic E-state index is -0.411. The minimum absolute atomic E-state index is 0.411. The monoisotopic (exact) mass is 264 g/mol. The second-order valence-electron chi connectivity index (χ2n) is 4.85. The second kappa shape index (κ2) is 5.21. The molecule has 0 spiro atoms. The van der Waals surface area contributed by atoms with Gasteiger partial charge in [0, 0.05) is 18.3 Å². The molecule has 1 aliphatic heterocycles. The molecule has 0 saturated heterocycles. The molecule has 20 heavy (non-hydrogen) atoms. The van der Waals surface area contributed by atoms with Gasteiger partial charge in [-0.2, -0.15) is 0 Å². The van der Waals surface area contributed by atoms with Crippen LogP contribution in [0.1, 0.15) is 16.7 Å². The van der Waals surface area contributed by atoms with Crippen molar-refractivity contribution in [3.05, 3.63) is 77.5 Å². The quantitative estimate of drug-likeness (QED) is 0.845. The van der Waals surface area contributed by atoms with Gasteiger partial charge in [0.05, 0.1) is 0 Å². The SMILES string of the molecule is NC(=O)N1C=C(c2ccccc2)c2ccccc2CC1. The summed E-state index contributed by atoms with van der Waals surface area (Å²) in [7, 11) is 0. The van der Waals surface area contributed by atoms with Gasteiger partial charge in [-0.3, -0.25) is 0 Å². The van der Waals surface area contributed by atoms with E-state index in [-0.39, 0.29) is 0 Å². The van der Waals surface area contributed by atoms with Gasteiger partial charge in [0.15, 0.2) is 0 Å². The number of nitrogens with two attached hydrogens (primary N) is 1. The number of benzene rings is 2. The lowest BCUT2D eigenvalue weighted by molar-refractivity contribution is 0.225. The van der Waals surface area contributed by atoms with Gasteiger partial charge >= 0.3 is 6.03 Å². The minimum Gasteiger partial charge on any atom is -0.351 e. The lowest BCUT2D eigenvalue weighted by atomic mass is 9.94. The molecule has 0 unspecified atom stereocenters. The van der Waals surface area contributed by atoms with Crippen molar-refractivity contribution in [3.8, 4) is 0 Å².